The first-order chi connectivity index (χ1) is 9.85. The number of carboxylic acid groups (broad SMARTS) is 1. The molecule has 2 rings (SSSR count). The first kappa shape index (κ1) is 16.0. The van der Waals surface area contributed by atoms with Crippen molar-refractivity contribution in [1.29, 1.82) is 0 Å². The highest BCUT2D eigenvalue weighted by Crippen LogP contribution is 2.30. The van der Waals surface area contributed by atoms with E-state index in [1.54, 1.807) is 11.8 Å². The maximum Gasteiger partial charge on any atom is 0.317 e. The second-order valence-corrected chi connectivity index (χ2v) is 6.34. The third-order valence-electron chi connectivity index (χ3n) is 4.61. The lowest BCUT2D eigenvalue weighted by molar-refractivity contribution is -0.154. The highest BCUT2D eigenvalue weighted by molar-refractivity contribution is 5.78. The molecule has 0 aromatic carbocycles. The Labute approximate surface area is 124 Å². The Morgan fingerprint density at radius 3 is 2.29 bits per heavy atom. The van der Waals surface area contributed by atoms with Gasteiger partial charge in [-0.3, -0.25) is 4.79 Å². The summed E-state index contributed by atoms with van der Waals surface area (Å²) in [5, 5.41) is 22.0. The molecular weight excluding hydrogens is 276 g/mol. The van der Waals surface area contributed by atoms with Crippen molar-refractivity contribution in [2.75, 3.05) is 32.8 Å². The molecule has 21 heavy (non-hydrogen) atoms. The number of hydrogen-bond donors (Lipinski definition) is 3. The van der Waals surface area contributed by atoms with Crippen molar-refractivity contribution in [3.63, 3.8) is 0 Å². The predicted molar refractivity (Wildman–Crippen MR) is 75.0 cm³/mol. The Balaban J connectivity index is 1.86. The number of nitrogens with one attached hydrogen (secondary N) is 1. The van der Waals surface area contributed by atoms with Crippen LogP contribution in [0.1, 0.15) is 32.6 Å². The molecule has 0 spiro atoms. The average molecular weight is 300 g/mol. The molecule has 0 saturated carbocycles. The van der Waals surface area contributed by atoms with E-state index in [-0.39, 0.29) is 12.6 Å². The molecule has 0 atom stereocenters. The first-order valence-corrected chi connectivity index (χ1v) is 7.41. The van der Waals surface area contributed by atoms with E-state index in [1.165, 1.54) is 0 Å². The van der Waals surface area contributed by atoms with Gasteiger partial charge in [0.05, 0.1) is 11.0 Å². The van der Waals surface area contributed by atoms with Crippen molar-refractivity contribution < 1.29 is 24.5 Å². The van der Waals surface area contributed by atoms with Gasteiger partial charge in [0, 0.05) is 32.8 Å². The van der Waals surface area contributed by atoms with Gasteiger partial charge in [0.25, 0.3) is 0 Å². The van der Waals surface area contributed by atoms with Crippen LogP contribution in [-0.2, 0) is 9.53 Å². The Hall–Kier alpha value is -1.34. The van der Waals surface area contributed by atoms with Crippen LogP contribution in [0.2, 0.25) is 0 Å². The molecule has 120 valence electrons. The first-order valence-electron chi connectivity index (χ1n) is 7.41. The predicted octanol–water partition coefficient (Wildman–Crippen LogP) is 0.424. The number of aliphatic carboxylic acids is 1. The number of carbonyl (C=O) groups excluding carboxylic acids is 1. The molecule has 7 nitrogen and oxygen atoms in total. The largest absolute Gasteiger partial charge is 0.481 e. The summed E-state index contributed by atoms with van der Waals surface area (Å²) < 4.78 is 5.21. The highest BCUT2D eigenvalue weighted by Gasteiger charge is 2.41. The lowest BCUT2D eigenvalue weighted by Crippen LogP contribution is -2.52. The van der Waals surface area contributed by atoms with E-state index in [2.05, 4.69) is 5.32 Å². The second-order valence-electron chi connectivity index (χ2n) is 6.34. The SMILES string of the molecule is CC1(O)CCN(C(=O)NCC2(C(=O)O)CCOCC2)CC1. The van der Waals surface area contributed by atoms with Crippen LogP contribution in [0.4, 0.5) is 4.79 Å². The summed E-state index contributed by atoms with van der Waals surface area (Å²) in [5.74, 6) is -0.882. The standard InChI is InChI=1S/C14H24N2O5/c1-13(20)2-6-16(7-3-13)12(19)15-10-14(11(17)18)4-8-21-9-5-14/h20H,2-10H2,1H3,(H,15,19)(H,17,18). The van der Waals surface area contributed by atoms with Crippen molar-refractivity contribution in [1.82, 2.24) is 10.2 Å². The van der Waals surface area contributed by atoms with Crippen molar-refractivity contribution in [2.24, 2.45) is 5.41 Å². The van der Waals surface area contributed by atoms with Crippen LogP contribution in [0.25, 0.3) is 0 Å². The van der Waals surface area contributed by atoms with Crippen molar-refractivity contribution in [3.05, 3.63) is 0 Å². The molecule has 0 radical (unpaired) electrons. The van der Waals surface area contributed by atoms with Crippen LogP contribution >= 0.6 is 0 Å². The second kappa shape index (κ2) is 6.19. The molecular formula is C14H24N2O5. The number of urea groups is 1. The molecule has 2 aliphatic rings. The quantitative estimate of drug-likeness (QED) is 0.702. The van der Waals surface area contributed by atoms with Gasteiger partial charge in [0.2, 0.25) is 0 Å². The third-order valence-corrected chi connectivity index (χ3v) is 4.61. The summed E-state index contributed by atoms with van der Waals surface area (Å²) in [6, 6.07) is -0.252. The normalized spacial score (nSPS) is 24.4. The number of amides is 2. The molecule has 0 aromatic rings. The fourth-order valence-corrected chi connectivity index (χ4v) is 2.78. The number of carbonyl (C=O) groups is 2. The molecule has 2 heterocycles. The van der Waals surface area contributed by atoms with Crippen molar-refractivity contribution in [2.45, 2.75) is 38.2 Å². The van der Waals surface area contributed by atoms with Gasteiger partial charge in [0.15, 0.2) is 0 Å². The fourth-order valence-electron chi connectivity index (χ4n) is 2.78. The monoisotopic (exact) mass is 300 g/mol. The van der Waals surface area contributed by atoms with E-state index < -0.39 is 17.0 Å². The number of hydrogen-bond acceptors (Lipinski definition) is 4. The number of carboxylic acids is 1. The average Bonchev–Trinajstić information content (AvgIpc) is 2.45. The van der Waals surface area contributed by atoms with Gasteiger partial charge in [-0.25, -0.2) is 4.79 Å². The van der Waals surface area contributed by atoms with Gasteiger partial charge in [0.1, 0.15) is 0 Å². The van der Waals surface area contributed by atoms with Crippen LogP contribution < -0.4 is 5.32 Å². The van der Waals surface area contributed by atoms with E-state index in [1.807, 2.05) is 0 Å². The lowest BCUT2D eigenvalue weighted by atomic mass is 9.80. The van der Waals surface area contributed by atoms with E-state index >= 15 is 0 Å². The maximum atomic E-state index is 12.1. The number of nitrogens with zero attached hydrogens (tertiary/aromatic N) is 1. The molecule has 2 saturated heterocycles. The third kappa shape index (κ3) is 3.85. The molecule has 2 aliphatic heterocycles. The Morgan fingerprint density at radius 1 is 1.19 bits per heavy atom. The maximum absolute atomic E-state index is 12.1. The van der Waals surface area contributed by atoms with Crippen molar-refractivity contribution in [3.8, 4) is 0 Å². The summed E-state index contributed by atoms with van der Waals surface area (Å²) in [6.07, 6.45) is 1.91. The van der Waals surface area contributed by atoms with Crippen molar-refractivity contribution >= 4 is 12.0 Å². The number of likely N-dealkylation sites (tertiary alicyclic amines) is 1. The van der Waals surface area contributed by atoms with E-state index in [9.17, 15) is 19.8 Å². The van der Waals surface area contributed by atoms with Crippen LogP contribution in [0.15, 0.2) is 0 Å². The zero-order valence-corrected chi connectivity index (χ0v) is 12.4. The number of aliphatic hydroxyl groups is 1. The molecule has 3 N–H and O–H groups in total. The zero-order chi connectivity index (χ0) is 15.5. The lowest BCUT2D eigenvalue weighted by Gasteiger charge is -2.37. The Bertz CT molecular complexity index is 394. The van der Waals surface area contributed by atoms with Gasteiger partial charge in [-0.1, -0.05) is 0 Å². The van der Waals surface area contributed by atoms with E-state index in [0.29, 0.717) is 52.0 Å². The van der Waals surface area contributed by atoms with Gasteiger partial charge < -0.3 is 25.2 Å². The summed E-state index contributed by atoms with van der Waals surface area (Å²) in [7, 11) is 0. The van der Waals surface area contributed by atoms with E-state index in [0.717, 1.165) is 0 Å². The molecule has 0 unspecified atom stereocenters. The van der Waals surface area contributed by atoms with Crippen LogP contribution in [0.3, 0.4) is 0 Å². The zero-order valence-electron chi connectivity index (χ0n) is 12.4. The van der Waals surface area contributed by atoms with E-state index in [4.69, 9.17) is 4.74 Å². The highest BCUT2D eigenvalue weighted by atomic mass is 16.5. The smallest absolute Gasteiger partial charge is 0.317 e. The molecule has 2 amide bonds. The van der Waals surface area contributed by atoms with Crippen LogP contribution in [0, 0.1) is 5.41 Å². The molecule has 0 aliphatic carbocycles. The molecule has 7 heteroatoms. The summed E-state index contributed by atoms with van der Waals surface area (Å²) in [5.41, 5.74) is -1.63. The Morgan fingerprint density at radius 2 is 1.76 bits per heavy atom. The molecule has 2 fully saturated rings. The number of ether oxygens (including phenoxy) is 1. The van der Waals surface area contributed by atoms with Gasteiger partial charge in [-0.15, -0.1) is 0 Å². The minimum absolute atomic E-state index is 0.122. The summed E-state index contributed by atoms with van der Waals surface area (Å²) >= 11 is 0. The minimum Gasteiger partial charge on any atom is -0.481 e. The number of piperidine rings is 1. The molecule has 0 aromatic heterocycles. The topological polar surface area (TPSA) is 99.1 Å². The van der Waals surface area contributed by atoms with Crippen LogP contribution in [0.5, 0.6) is 0 Å². The van der Waals surface area contributed by atoms with Crippen LogP contribution in [-0.4, -0.2) is 65.6 Å². The minimum atomic E-state index is -0.921. The Kier molecular flexibility index (Phi) is 4.73. The summed E-state index contributed by atoms with van der Waals surface area (Å²) in [6.45, 7) is 3.69. The molecule has 0 bridgehead atoms. The fraction of sp³-hybridized carbons (Fsp3) is 0.857. The van der Waals surface area contributed by atoms with Gasteiger partial charge in [-0.05, 0) is 32.6 Å². The van der Waals surface area contributed by atoms with Gasteiger partial charge >= 0.3 is 12.0 Å². The van der Waals surface area contributed by atoms with Gasteiger partial charge in [-0.2, -0.15) is 0 Å². The number of rotatable bonds is 3. The summed E-state index contributed by atoms with van der Waals surface area (Å²) in [4.78, 5) is 25.3.